The monoisotopic (exact) mass is 658 g/mol. The van der Waals surface area contributed by atoms with Crippen molar-refractivity contribution in [1.82, 2.24) is 15.0 Å². The molecule has 50 heavy (non-hydrogen) atoms. The smallest absolute Gasteiger partial charge is 0.164 e. The van der Waals surface area contributed by atoms with Crippen LogP contribution in [0.5, 0.6) is 0 Å². The molecule has 0 unspecified atom stereocenters. The number of para-hydroxylation sites is 2. The van der Waals surface area contributed by atoms with Crippen LogP contribution < -0.4 is 0 Å². The fourth-order valence-corrected chi connectivity index (χ4v) is 5.91. The van der Waals surface area contributed by atoms with Gasteiger partial charge in [0.2, 0.25) is 0 Å². The number of benzene rings is 7. The molecule has 3 aromatic heterocycles. The lowest BCUT2D eigenvalue weighted by Gasteiger charge is -2.11. The molecule has 0 saturated carbocycles. The highest BCUT2D eigenvalue weighted by molar-refractivity contribution is 6.16. The van der Waals surface area contributed by atoms with Crippen LogP contribution in [0.4, 0.5) is 0 Å². The molecule has 0 atom stereocenters. The number of fused-ring (bicyclic) bond motifs is 6. The van der Waals surface area contributed by atoms with E-state index in [2.05, 4.69) is 9.97 Å². The van der Waals surface area contributed by atoms with Crippen molar-refractivity contribution in [3.8, 4) is 56.4 Å². The average molecular weight is 659 g/mol. The van der Waals surface area contributed by atoms with Gasteiger partial charge in [0, 0.05) is 43.8 Å². The summed E-state index contributed by atoms with van der Waals surface area (Å²) >= 11 is 0. The van der Waals surface area contributed by atoms with Crippen LogP contribution in [-0.2, 0) is 0 Å². The van der Waals surface area contributed by atoms with Crippen molar-refractivity contribution in [2.24, 2.45) is 0 Å². The first-order valence-electron chi connectivity index (χ1n) is 23.7. The number of aromatic nitrogens is 3. The maximum atomic E-state index is 9.62. The molecule has 234 valence electrons. The van der Waals surface area contributed by atoms with Gasteiger partial charge in [0.15, 0.2) is 17.5 Å². The van der Waals surface area contributed by atoms with Gasteiger partial charge < -0.3 is 8.83 Å². The fraction of sp³-hybridized carbons (Fsp3) is 0. The van der Waals surface area contributed by atoms with Gasteiger partial charge in [-0.05, 0) is 53.0 Å². The first-order chi connectivity index (χ1) is 31.8. The molecule has 0 saturated heterocycles. The second kappa shape index (κ2) is 11.4. The van der Waals surface area contributed by atoms with Gasteiger partial charge in [-0.1, -0.05) is 127 Å². The minimum atomic E-state index is -0.768. The Balaban J connectivity index is 1.29. The van der Waals surface area contributed by atoms with Crippen molar-refractivity contribution in [2.45, 2.75) is 0 Å². The molecule has 3 heterocycles. The van der Waals surface area contributed by atoms with Gasteiger partial charge in [0.25, 0.3) is 0 Å². The maximum Gasteiger partial charge on any atom is 0.164 e. The molecule has 0 amide bonds. The zero-order valence-corrected chi connectivity index (χ0v) is 25.4. The van der Waals surface area contributed by atoms with Crippen LogP contribution in [0.25, 0.3) is 100 Å². The van der Waals surface area contributed by atoms with E-state index in [1.807, 2.05) is 18.2 Å². The molecule has 0 N–H and O–H groups in total. The Morgan fingerprint density at radius 1 is 0.400 bits per heavy atom. The molecule has 5 nitrogen and oxygen atoms in total. The van der Waals surface area contributed by atoms with Crippen LogP contribution in [0.15, 0.2) is 172 Å². The molecule has 0 aliphatic rings. The standard InChI is InChI=1S/C45H27N3O2/c1-3-11-28(12-4-1)29-19-21-30(22-20-29)33-25-26-37(41-36-16-8-10-18-39(36)50-42(33)41)45-47-43(31-13-5-2-6-14-31)46-44(48-45)32-23-24-35-34-15-7-9-17-38(34)49-40(35)27-32/h1-27H/i1D,2D,3D,4D,5D,6D,8D,11D,12D,13D,14D,18D,19D,20D,21D,22D,26D. The molecule has 0 spiro atoms. The third kappa shape index (κ3) is 4.67. The van der Waals surface area contributed by atoms with E-state index in [0.29, 0.717) is 16.7 Å². The van der Waals surface area contributed by atoms with Gasteiger partial charge in [0.05, 0.1) is 23.3 Å². The zero-order valence-electron chi connectivity index (χ0n) is 42.4. The highest BCUT2D eigenvalue weighted by atomic mass is 16.3. The molecule has 5 heteroatoms. The highest BCUT2D eigenvalue weighted by Gasteiger charge is 2.21. The summed E-state index contributed by atoms with van der Waals surface area (Å²) in [6.07, 6.45) is 0. The summed E-state index contributed by atoms with van der Waals surface area (Å²) in [6.45, 7) is 0. The predicted octanol–water partition coefficient (Wildman–Crippen LogP) is 12.0. The van der Waals surface area contributed by atoms with Crippen LogP contribution in [0.3, 0.4) is 0 Å². The summed E-state index contributed by atoms with van der Waals surface area (Å²) in [5.41, 5.74) is -1.16. The second-order valence-electron chi connectivity index (χ2n) is 11.1. The summed E-state index contributed by atoms with van der Waals surface area (Å²) in [7, 11) is 0. The van der Waals surface area contributed by atoms with Crippen molar-refractivity contribution in [1.29, 1.82) is 0 Å². The van der Waals surface area contributed by atoms with Crippen LogP contribution in [-0.4, -0.2) is 15.0 Å². The molecule has 10 rings (SSSR count). The number of rotatable bonds is 5. The van der Waals surface area contributed by atoms with Crippen molar-refractivity contribution >= 4 is 43.9 Å². The van der Waals surface area contributed by atoms with E-state index in [4.69, 9.17) is 33.0 Å². The lowest BCUT2D eigenvalue weighted by Crippen LogP contribution is -2.00. The summed E-state index contributed by atoms with van der Waals surface area (Å²) in [5.74, 6) is -0.751. The summed E-state index contributed by atoms with van der Waals surface area (Å²) in [4.78, 5) is 14.0. The van der Waals surface area contributed by atoms with E-state index in [1.165, 1.54) is 12.1 Å². The van der Waals surface area contributed by atoms with Crippen molar-refractivity contribution < 1.29 is 32.1 Å². The quantitative estimate of drug-likeness (QED) is 0.184. The van der Waals surface area contributed by atoms with Gasteiger partial charge in [-0.3, -0.25) is 0 Å². The molecular weight excluding hydrogens is 615 g/mol. The number of furan rings is 2. The minimum Gasteiger partial charge on any atom is -0.456 e. The van der Waals surface area contributed by atoms with E-state index in [-0.39, 0.29) is 68.2 Å². The van der Waals surface area contributed by atoms with Gasteiger partial charge in [-0.15, -0.1) is 0 Å². The number of hydrogen-bond donors (Lipinski definition) is 0. The van der Waals surface area contributed by atoms with Crippen molar-refractivity contribution in [3.05, 3.63) is 163 Å². The normalized spacial score (nSPS) is 16.4. The third-order valence-corrected chi connectivity index (χ3v) is 8.18. The Labute approximate surface area is 311 Å². The molecule has 0 bridgehead atoms. The molecule has 10 aromatic rings. The molecular formula is C45H27N3O2. The van der Waals surface area contributed by atoms with Crippen molar-refractivity contribution in [2.75, 3.05) is 0 Å². The Hall–Kier alpha value is -6.85. The van der Waals surface area contributed by atoms with Crippen molar-refractivity contribution in [3.63, 3.8) is 0 Å². The first kappa shape index (κ1) is 16.0. The molecule has 0 radical (unpaired) electrons. The van der Waals surface area contributed by atoms with Gasteiger partial charge in [-0.25, -0.2) is 15.0 Å². The van der Waals surface area contributed by atoms with Crippen LogP contribution in [0.1, 0.15) is 23.3 Å². The molecule has 0 aliphatic carbocycles. The Kier molecular flexibility index (Phi) is 3.65. The van der Waals surface area contributed by atoms with E-state index in [9.17, 15) is 4.11 Å². The highest BCUT2D eigenvalue weighted by Crippen LogP contribution is 2.42. The SMILES string of the molecule is [2H]c1cc([2H])c2oc3c(-c4c([2H])c([2H])c(-c5c([2H])c([2H])c([2H])c([2H])c5[2H])c([2H])c4[2H])cc([2H])c(-c4nc(-c5ccc6c(c5)oc5ccccc56)nc(-c5c([2H])c([2H])c([2H])c([2H])c5[2H])n4)c3c2c1. The van der Waals surface area contributed by atoms with Gasteiger partial charge >= 0.3 is 0 Å². The topological polar surface area (TPSA) is 65.0 Å². The van der Waals surface area contributed by atoms with E-state index < -0.39 is 107 Å². The van der Waals surface area contributed by atoms with E-state index in [0.717, 1.165) is 16.8 Å². The van der Waals surface area contributed by atoms with Crippen LogP contribution in [0.2, 0.25) is 0 Å². The van der Waals surface area contributed by atoms with E-state index in [1.54, 1.807) is 24.3 Å². The lowest BCUT2D eigenvalue weighted by atomic mass is 9.96. The van der Waals surface area contributed by atoms with Gasteiger partial charge in [-0.2, -0.15) is 0 Å². The first-order valence-corrected chi connectivity index (χ1v) is 15.2. The van der Waals surface area contributed by atoms with Gasteiger partial charge in [0.1, 0.15) is 22.3 Å². The van der Waals surface area contributed by atoms with Crippen LogP contribution in [0, 0.1) is 0 Å². The number of nitrogens with zero attached hydrogens (tertiary/aromatic N) is 3. The zero-order chi connectivity index (χ0) is 47.8. The molecule has 7 aromatic carbocycles. The van der Waals surface area contributed by atoms with Crippen LogP contribution >= 0.6 is 0 Å². The molecule has 0 aliphatic heterocycles. The lowest BCUT2D eigenvalue weighted by molar-refractivity contribution is 0.669. The Morgan fingerprint density at radius 3 is 1.90 bits per heavy atom. The van der Waals surface area contributed by atoms with E-state index >= 15 is 0 Å². The third-order valence-electron chi connectivity index (χ3n) is 8.18. The summed E-state index contributed by atoms with van der Waals surface area (Å²) in [5, 5.41) is 1.66. The summed E-state index contributed by atoms with van der Waals surface area (Å²) in [6, 6.07) is 5.41. The number of hydrogen-bond acceptors (Lipinski definition) is 5. The molecule has 0 fully saturated rings. The predicted molar refractivity (Wildman–Crippen MR) is 202 cm³/mol. The largest absolute Gasteiger partial charge is 0.456 e. The Bertz CT molecular complexity index is 3780. The minimum absolute atomic E-state index is 0.0245. The second-order valence-corrected chi connectivity index (χ2v) is 11.1. The summed E-state index contributed by atoms with van der Waals surface area (Å²) < 4.78 is 160. The maximum absolute atomic E-state index is 9.62. The average Bonchev–Trinajstić information content (AvgIpc) is 3.88. The fourth-order valence-electron chi connectivity index (χ4n) is 5.91. The Morgan fingerprint density at radius 2 is 1.08 bits per heavy atom.